The van der Waals surface area contributed by atoms with Gasteiger partial charge in [-0.1, -0.05) is 0 Å². The number of anilines is 2. The second-order valence-corrected chi connectivity index (χ2v) is 4.69. The quantitative estimate of drug-likeness (QED) is 0.678. The Morgan fingerprint density at radius 3 is 2.87 bits per heavy atom. The molecule has 0 aliphatic carbocycles. The zero-order valence-electron chi connectivity index (χ0n) is 12.5. The molecule has 3 rings (SSSR count). The lowest BCUT2D eigenvalue weighted by atomic mass is 10.5. The van der Waals surface area contributed by atoms with Gasteiger partial charge in [0, 0.05) is 38.1 Å². The monoisotopic (exact) mass is 312 g/mol. The third-order valence-corrected chi connectivity index (χ3v) is 3.17. The Morgan fingerprint density at radius 2 is 2.09 bits per heavy atom. The van der Waals surface area contributed by atoms with Gasteiger partial charge >= 0.3 is 0 Å². The third-order valence-electron chi connectivity index (χ3n) is 3.17. The number of imidazole rings is 1. The molecule has 0 aliphatic rings. The lowest BCUT2D eigenvalue weighted by molar-refractivity contribution is 0.589. The van der Waals surface area contributed by atoms with Crippen molar-refractivity contribution in [2.24, 2.45) is 0 Å². The Balaban J connectivity index is 1.68. The molecule has 0 radical (unpaired) electrons. The van der Waals surface area contributed by atoms with Gasteiger partial charge in [-0.15, -0.1) is 0 Å². The normalized spacial score (nSPS) is 10.5. The highest BCUT2D eigenvalue weighted by Crippen LogP contribution is 2.07. The first-order chi connectivity index (χ1) is 11.3. The number of aromatic nitrogens is 6. The van der Waals surface area contributed by atoms with Gasteiger partial charge in [-0.05, 0) is 6.07 Å². The summed E-state index contributed by atoms with van der Waals surface area (Å²) >= 11 is 0. The van der Waals surface area contributed by atoms with Crippen LogP contribution in [0.3, 0.4) is 0 Å². The van der Waals surface area contributed by atoms with Crippen molar-refractivity contribution in [2.75, 3.05) is 24.2 Å². The van der Waals surface area contributed by atoms with Crippen molar-refractivity contribution < 1.29 is 0 Å². The molecular weight excluding hydrogens is 296 g/mol. The Bertz CT molecular complexity index is 827. The first-order valence-electron chi connectivity index (χ1n) is 7.06. The highest BCUT2D eigenvalue weighted by Gasteiger charge is 2.03. The third kappa shape index (κ3) is 3.51. The fourth-order valence-corrected chi connectivity index (χ4v) is 2.01. The van der Waals surface area contributed by atoms with E-state index in [2.05, 4.69) is 30.7 Å². The molecule has 0 saturated heterocycles. The van der Waals surface area contributed by atoms with Crippen LogP contribution in [-0.2, 0) is 6.54 Å². The summed E-state index contributed by atoms with van der Waals surface area (Å²) < 4.78 is 3.15. The number of nitrogens with one attached hydrogen (secondary N) is 2. The van der Waals surface area contributed by atoms with Crippen LogP contribution in [0, 0.1) is 0 Å². The van der Waals surface area contributed by atoms with E-state index in [1.807, 2.05) is 0 Å². The molecule has 0 spiro atoms. The van der Waals surface area contributed by atoms with Crippen molar-refractivity contribution in [1.82, 2.24) is 29.3 Å². The van der Waals surface area contributed by atoms with Gasteiger partial charge in [0.1, 0.15) is 24.3 Å². The molecule has 2 N–H and O–H groups in total. The lowest BCUT2D eigenvalue weighted by Crippen LogP contribution is -2.26. The molecule has 9 nitrogen and oxygen atoms in total. The summed E-state index contributed by atoms with van der Waals surface area (Å²) in [4.78, 5) is 24.0. The first kappa shape index (κ1) is 14.7. The maximum atomic E-state index is 11.9. The van der Waals surface area contributed by atoms with E-state index in [1.54, 1.807) is 42.5 Å². The van der Waals surface area contributed by atoms with E-state index in [-0.39, 0.29) is 5.56 Å². The molecule has 3 aromatic heterocycles. The molecular formula is C14H16N8O. The summed E-state index contributed by atoms with van der Waals surface area (Å²) in [5.41, 5.74) is -0.158. The zero-order chi connectivity index (χ0) is 16.1. The predicted molar refractivity (Wildman–Crippen MR) is 85.7 cm³/mol. The van der Waals surface area contributed by atoms with Crippen molar-refractivity contribution in [2.45, 2.75) is 6.54 Å². The molecule has 3 heterocycles. The van der Waals surface area contributed by atoms with E-state index < -0.39 is 0 Å². The topological polar surface area (TPSA) is 103 Å². The minimum atomic E-state index is -0.158. The Labute approximate surface area is 132 Å². The van der Waals surface area contributed by atoms with Gasteiger partial charge in [0.2, 0.25) is 0 Å². The maximum Gasteiger partial charge on any atom is 0.266 e. The number of nitrogens with zero attached hydrogens (tertiary/aromatic N) is 6. The first-order valence-corrected chi connectivity index (χ1v) is 7.06. The zero-order valence-corrected chi connectivity index (χ0v) is 12.5. The molecule has 118 valence electrons. The van der Waals surface area contributed by atoms with Crippen LogP contribution in [-0.4, -0.2) is 42.9 Å². The SMILES string of the molecule is CNc1cc(NCCn2nc(-n3ccnc3)ccc2=O)ncn1. The van der Waals surface area contributed by atoms with Crippen LogP contribution < -0.4 is 16.2 Å². The van der Waals surface area contributed by atoms with Crippen LogP contribution in [0.25, 0.3) is 5.82 Å². The molecule has 9 heteroatoms. The van der Waals surface area contributed by atoms with Crippen molar-refractivity contribution in [3.8, 4) is 5.82 Å². The van der Waals surface area contributed by atoms with Crippen LogP contribution in [0.1, 0.15) is 0 Å². The fraction of sp³-hybridized carbons (Fsp3) is 0.214. The molecule has 23 heavy (non-hydrogen) atoms. The number of hydrogen-bond acceptors (Lipinski definition) is 7. The van der Waals surface area contributed by atoms with Gasteiger partial charge < -0.3 is 10.6 Å². The van der Waals surface area contributed by atoms with Gasteiger partial charge in [0.05, 0.1) is 6.54 Å². The van der Waals surface area contributed by atoms with Crippen molar-refractivity contribution in [3.63, 3.8) is 0 Å². The van der Waals surface area contributed by atoms with Crippen LogP contribution in [0.15, 0.2) is 48.0 Å². The van der Waals surface area contributed by atoms with E-state index in [0.717, 1.165) is 5.82 Å². The van der Waals surface area contributed by atoms with E-state index in [1.165, 1.54) is 17.1 Å². The summed E-state index contributed by atoms with van der Waals surface area (Å²) in [5, 5.41) is 10.4. The highest BCUT2D eigenvalue weighted by molar-refractivity contribution is 5.45. The molecule has 3 aromatic rings. The molecule has 0 unspecified atom stereocenters. The standard InChI is InChI=1S/C14H16N8O/c1-15-11-8-12(19-9-18-11)17-5-7-22-14(23)3-2-13(20-22)21-6-4-16-10-21/h2-4,6,8-10H,5,7H2,1H3,(H2,15,17,18,19). The smallest absolute Gasteiger partial charge is 0.266 e. The van der Waals surface area contributed by atoms with Crippen molar-refractivity contribution in [3.05, 3.63) is 53.6 Å². The van der Waals surface area contributed by atoms with Gasteiger partial charge in [0.25, 0.3) is 5.56 Å². The van der Waals surface area contributed by atoms with E-state index in [4.69, 9.17) is 0 Å². The molecule has 0 fully saturated rings. The Hall–Kier alpha value is -3.23. The minimum Gasteiger partial charge on any atom is -0.373 e. The maximum absolute atomic E-state index is 11.9. The highest BCUT2D eigenvalue weighted by atomic mass is 16.1. The second kappa shape index (κ2) is 6.69. The van der Waals surface area contributed by atoms with Crippen molar-refractivity contribution >= 4 is 11.6 Å². The second-order valence-electron chi connectivity index (χ2n) is 4.69. The van der Waals surface area contributed by atoms with E-state index in [9.17, 15) is 4.79 Å². The number of rotatable bonds is 6. The van der Waals surface area contributed by atoms with Crippen LogP contribution in [0.2, 0.25) is 0 Å². The predicted octanol–water partition coefficient (Wildman–Crippen LogP) is 0.373. The largest absolute Gasteiger partial charge is 0.373 e. The summed E-state index contributed by atoms with van der Waals surface area (Å²) in [6, 6.07) is 4.95. The average Bonchev–Trinajstić information content (AvgIpc) is 3.11. The van der Waals surface area contributed by atoms with Crippen LogP contribution >= 0.6 is 0 Å². The van der Waals surface area contributed by atoms with Crippen LogP contribution in [0.4, 0.5) is 11.6 Å². The van der Waals surface area contributed by atoms with E-state index in [0.29, 0.717) is 24.7 Å². The summed E-state index contributed by atoms with van der Waals surface area (Å²) in [7, 11) is 1.79. The van der Waals surface area contributed by atoms with Crippen molar-refractivity contribution in [1.29, 1.82) is 0 Å². The lowest BCUT2D eigenvalue weighted by Gasteiger charge is -2.09. The molecule has 0 aliphatic heterocycles. The van der Waals surface area contributed by atoms with Crippen LogP contribution in [0.5, 0.6) is 0 Å². The average molecular weight is 312 g/mol. The van der Waals surface area contributed by atoms with Gasteiger partial charge in [-0.2, -0.15) is 5.10 Å². The summed E-state index contributed by atoms with van der Waals surface area (Å²) in [6.45, 7) is 0.931. The molecule has 0 aromatic carbocycles. The summed E-state index contributed by atoms with van der Waals surface area (Å²) in [6.07, 6.45) is 6.54. The minimum absolute atomic E-state index is 0.158. The molecule has 0 bridgehead atoms. The van der Waals surface area contributed by atoms with Gasteiger partial charge in [0.15, 0.2) is 5.82 Å². The molecule has 0 saturated carbocycles. The fourth-order valence-electron chi connectivity index (χ4n) is 2.01. The Morgan fingerprint density at radius 1 is 1.22 bits per heavy atom. The van der Waals surface area contributed by atoms with E-state index >= 15 is 0 Å². The van der Waals surface area contributed by atoms with Gasteiger partial charge in [-0.25, -0.2) is 19.6 Å². The molecule has 0 atom stereocenters. The number of hydrogen-bond donors (Lipinski definition) is 2. The Kier molecular flexibility index (Phi) is 4.27. The molecule has 0 amide bonds. The van der Waals surface area contributed by atoms with Gasteiger partial charge in [-0.3, -0.25) is 9.36 Å². The summed E-state index contributed by atoms with van der Waals surface area (Å²) in [5.74, 6) is 2.05.